The minimum absolute atomic E-state index is 0.112. The van der Waals surface area contributed by atoms with Gasteiger partial charge in [0.25, 0.3) is 5.91 Å². The Morgan fingerprint density at radius 3 is 2.35 bits per heavy atom. The zero-order valence-corrected chi connectivity index (χ0v) is 17.2. The number of nitrogens with one attached hydrogen (secondary N) is 1. The van der Waals surface area contributed by atoms with E-state index in [4.69, 9.17) is 0 Å². The second-order valence-corrected chi connectivity index (χ2v) is 7.42. The Balaban J connectivity index is 1.47. The van der Waals surface area contributed by atoms with Gasteiger partial charge in [0.1, 0.15) is 5.82 Å². The third kappa shape index (κ3) is 5.23. The van der Waals surface area contributed by atoms with E-state index in [1.54, 1.807) is 12.1 Å². The summed E-state index contributed by atoms with van der Waals surface area (Å²) in [6.45, 7) is 0. The standard InChI is InChI=1S/C23H18FN5OS/c24-19-13-11-17(12-14-19)15-25-26-21(30)16-31-23-28-27-22(18-7-3-1-4-8-18)29(23)20-9-5-2-6-10-20/h1-15H,16H2,(H,26,30)/b25-15-. The number of amides is 1. The van der Waals surface area contributed by atoms with Gasteiger partial charge in [-0.05, 0) is 29.8 Å². The molecule has 0 saturated heterocycles. The number of halogens is 1. The molecular formula is C23H18FN5OS. The maximum Gasteiger partial charge on any atom is 0.250 e. The molecule has 0 radical (unpaired) electrons. The number of aromatic nitrogens is 3. The van der Waals surface area contributed by atoms with E-state index in [1.165, 1.54) is 30.1 Å². The van der Waals surface area contributed by atoms with Crippen LogP contribution in [0.2, 0.25) is 0 Å². The molecule has 0 aliphatic heterocycles. The number of hydrogen-bond acceptors (Lipinski definition) is 5. The van der Waals surface area contributed by atoms with Gasteiger partial charge in [-0.3, -0.25) is 9.36 Å². The molecule has 8 heteroatoms. The summed E-state index contributed by atoms with van der Waals surface area (Å²) in [5, 5.41) is 13.2. The van der Waals surface area contributed by atoms with E-state index in [0.717, 1.165) is 11.3 Å². The fourth-order valence-electron chi connectivity index (χ4n) is 2.84. The monoisotopic (exact) mass is 431 g/mol. The maximum atomic E-state index is 12.9. The Hall–Kier alpha value is -3.78. The van der Waals surface area contributed by atoms with Gasteiger partial charge in [-0.25, -0.2) is 9.82 Å². The van der Waals surface area contributed by atoms with Gasteiger partial charge in [0.05, 0.1) is 12.0 Å². The molecule has 0 fully saturated rings. The number of hydrazone groups is 1. The Kier molecular flexibility index (Phi) is 6.49. The highest BCUT2D eigenvalue weighted by molar-refractivity contribution is 7.99. The largest absolute Gasteiger partial charge is 0.272 e. The molecule has 0 spiro atoms. The van der Waals surface area contributed by atoms with E-state index in [1.807, 2.05) is 65.2 Å². The third-order valence-electron chi connectivity index (χ3n) is 4.28. The molecule has 3 aromatic carbocycles. The predicted octanol–water partition coefficient (Wildman–Crippen LogP) is 4.32. The van der Waals surface area contributed by atoms with Crippen LogP contribution in [0.1, 0.15) is 5.56 Å². The number of nitrogens with zero attached hydrogens (tertiary/aromatic N) is 4. The Labute approximate surface area is 182 Å². The molecule has 0 atom stereocenters. The van der Waals surface area contributed by atoms with Crippen LogP contribution in [0.5, 0.6) is 0 Å². The molecule has 4 rings (SSSR count). The van der Waals surface area contributed by atoms with Crippen molar-refractivity contribution in [2.75, 3.05) is 5.75 Å². The van der Waals surface area contributed by atoms with E-state index in [9.17, 15) is 9.18 Å². The molecule has 154 valence electrons. The first-order valence-corrected chi connectivity index (χ1v) is 10.5. The second kappa shape index (κ2) is 9.82. The van der Waals surface area contributed by atoms with Crippen LogP contribution in [0, 0.1) is 5.82 Å². The zero-order chi connectivity index (χ0) is 21.5. The number of para-hydroxylation sites is 1. The minimum atomic E-state index is -0.324. The van der Waals surface area contributed by atoms with Crippen molar-refractivity contribution in [2.24, 2.45) is 5.10 Å². The molecule has 1 aromatic heterocycles. The average Bonchev–Trinajstić information content (AvgIpc) is 3.24. The van der Waals surface area contributed by atoms with Gasteiger partial charge in [0.2, 0.25) is 0 Å². The molecule has 1 amide bonds. The molecule has 4 aromatic rings. The number of benzene rings is 3. The molecule has 0 unspecified atom stereocenters. The van der Waals surface area contributed by atoms with Gasteiger partial charge < -0.3 is 0 Å². The number of thioether (sulfide) groups is 1. The Morgan fingerprint density at radius 2 is 1.65 bits per heavy atom. The smallest absolute Gasteiger partial charge is 0.250 e. The summed E-state index contributed by atoms with van der Waals surface area (Å²) in [6.07, 6.45) is 1.46. The molecule has 1 N–H and O–H groups in total. The normalized spacial score (nSPS) is 11.0. The lowest BCUT2D eigenvalue weighted by atomic mass is 10.2. The van der Waals surface area contributed by atoms with E-state index < -0.39 is 0 Å². The summed E-state index contributed by atoms with van der Waals surface area (Å²) in [5.74, 6) is 0.201. The number of carbonyl (C=O) groups excluding carboxylic acids is 1. The van der Waals surface area contributed by atoms with Crippen LogP contribution < -0.4 is 5.43 Å². The van der Waals surface area contributed by atoms with E-state index in [0.29, 0.717) is 16.5 Å². The summed E-state index contributed by atoms with van der Waals surface area (Å²) in [7, 11) is 0. The van der Waals surface area contributed by atoms with Crippen LogP contribution in [0.25, 0.3) is 17.1 Å². The molecular weight excluding hydrogens is 413 g/mol. The number of carbonyl (C=O) groups is 1. The Morgan fingerprint density at radius 1 is 0.968 bits per heavy atom. The van der Waals surface area contributed by atoms with Crippen LogP contribution in [0.15, 0.2) is 95.2 Å². The highest BCUT2D eigenvalue weighted by Crippen LogP contribution is 2.27. The first-order chi connectivity index (χ1) is 15.2. The summed E-state index contributed by atoms with van der Waals surface area (Å²) < 4.78 is 14.9. The fraction of sp³-hybridized carbons (Fsp3) is 0.0435. The lowest BCUT2D eigenvalue weighted by Crippen LogP contribution is -2.20. The van der Waals surface area contributed by atoms with Crippen molar-refractivity contribution >= 4 is 23.9 Å². The molecule has 0 bridgehead atoms. The molecule has 0 aliphatic carbocycles. The van der Waals surface area contributed by atoms with E-state index in [-0.39, 0.29) is 17.5 Å². The zero-order valence-electron chi connectivity index (χ0n) is 16.4. The van der Waals surface area contributed by atoms with Crippen LogP contribution >= 0.6 is 11.8 Å². The number of rotatable bonds is 7. The minimum Gasteiger partial charge on any atom is -0.272 e. The summed E-state index contributed by atoms with van der Waals surface area (Å²) in [6, 6.07) is 25.3. The highest BCUT2D eigenvalue weighted by Gasteiger charge is 2.16. The Bertz CT molecular complexity index is 1180. The molecule has 0 aliphatic rings. The lowest BCUT2D eigenvalue weighted by Gasteiger charge is -2.10. The maximum absolute atomic E-state index is 12.9. The van der Waals surface area contributed by atoms with Gasteiger partial charge in [-0.15, -0.1) is 10.2 Å². The van der Waals surface area contributed by atoms with Gasteiger partial charge in [0.15, 0.2) is 11.0 Å². The summed E-state index contributed by atoms with van der Waals surface area (Å²) >= 11 is 1.27. The fourth-order valence-corrected chi connectivity index (χ4v) is 3.58. The highest BCUT2D eigenvalue weighted by atomic mass is 32.2. The lowest BCUT2D eigenvalue weighted by molar-refractivity contribution is -0.118. The van der Waals surface area contributed by atoms with E-state index >= 15 is 0 Å². The first-order valence-electron chi connectivity index (χ1n) is 9.47. The molecule has 0 saturated carbocycles. The van der Waals surface area contributed by atoms with Gasteiger partial charge in [-0.2, -0.15) is 5.10 Å². The van der Waals surface area contributed by atoms with Crippen LogP contribution in [0.4, 0.5) is 4.39 Å². The first kappa shape index (κ1) is 20.5. The van der Waals surface area contributed by atoms with Crippen LogP contribution in [-0.4, -0.2) is 32.6 Å². The summed E-state index contributed by atoms with van der Waals surface area (Å²) in [5.41, 5.74) is 4.99. The predicted molar refractivity (Wildman–Crippen MR) is 120 cm³/mol. The van der Waals surface area contributed by atoms with Crippen molar-refractivity contribution in [2.45, 2.75) is 5.16 Å². The van der Waals surface area contributed by atoms with Gasteiger partial charge in [0, 0.05) is 11.3 Å². The van der Waals surface area contributed by atoms with E-state index in [2.05, 4.69) is 20.7 Å². The van der Waals surface area contributed by atoms with Crippen molar-refractivity contribution in [3.8, 4) is 17.1 Å². The van der Waals surface area contributed by atoms with Crippen molar-refractivity contribution in [3.05, 3.63) is 96.3 Å². The molecule has 1 heterocycles. The molecule has 6 nitrogen and oxygen atoms in total. The van der Waals surface area contributed by atoms with Crippen molar-refractivity contribution < 1.29 is 9.18 Å². The third-order valence-corrected chi connectivity index (χ3v) is 5.21. The van der Waals surface area contributed by atoms with Crippen LogP contribution in [0.3, 0.4) is 0 Å². The van der Waals surface area contributed by atoms with Crippen molar-refractivity contribution in [1.82, 2.24) is 20.2 Å². The van der Waals surface area contributed by atoms with Gasteiger partial charge >= 0.3 is 0 Å². The second-order valence-electron chi connectivity index (χ2n) is 6.48. The van der Waals surface area contributed by atoms with Crippen molar-refractivity contribution in [3.63, 3.8) is 0 Å². The summed E-state index contributed by atoms with van der Waals surface area (Å²) in [4.78, 5) is 12.2. The van der Waals surface area contributed by atoms with Gasteiger partial charge in [-0.1, -0.05) is 72.4 Å². The SMILES string of the molecule is O=C(CSc1nnc(-c2ccccc2)n1-c1ccccc1)N/N=C\c1ccc(F)cc1. The molecule has 31 heavy (non-hydrogen) atoms. The average molecular weight is 431 g/mol. The van der Waals surface area contributed by atoms with Crippen molar-refractivity contribution in [1.29, 1.82) is 0 Å². The number of hydrogen-bond donors (Lipinski definition) is 1. The topological polar surface area (TPSA) is 72.2 Å². The van der Waals surface area contributed by atoms with Crippen LogP contribution in [-0.2, 0) is 4.79 Å². The quantitative estimate of drug-likeness (QED) is 0.269.